The van der Waals surface area contributed by atoms with E-state index in [0.717, 1.165) is 21.5 Å². The molecule has 0 saturated heterocycles. The maximum absolute atomic E-state index is 12.0. The van der Waals surface area contributed by atoms with Crippen molar-refractivity contribution in [3.8, 4) is 5.75 Å². The number of nitrogens with zero attached hydrogens (tertiary/aromatic N) is 1. The molecule has 0 unspecified atom stereocenters. The molecule has 154 valence electrons. The summed E-state index contributed by atoms with van der Waals surface area (Å²) in [5.41, 5.74) is 2.39. The van der Waals surface area contributed by atoms with Gasteiger partial charge in [-0.25, -0.2) is 0 Å². The second-order valence-electron chi connectivity index (χ2n) is 6.54. The first-order valence-electron chi connectivity index (χ1n) is 9.52. The minimum absolute atomic E-state index is 0.124. The van der Waals surface area contributed by atoms with Crippen LogP contribution in [-0.4, -0.2) is 23.3 Å². The molecule has 2 amide bonds. The first kappa shape index (κ1) is 21.5. The molecule has 0 aliphatic carbocycles. The minimum atomic E-state index is -0.198. The van der Waals surface area contributed by atoms with E-state index in [0.29, 0.717) is 18.7 Å². The molecule has 30 heavy (non-hydrogen) atoms. The highest BCUT2D eigenvalue weighted by Gasteiger charge is 2.07. The third-order valence-corrected chi connectivity index (χ3v) is 4.80. The number of amides is 2. The van der Waals surface area contributed by atoms with E-state index >= 15 is 0 Å². The van der Waals surface area contributed by atoms with Crippen molar-refractivity contribution in [2.75, 3.05) is 6.54 Å². The van der Waals surface area contributed by atoms with Crippen LogP contribution in [0, 0.1) is 0 Å². The molecule has 7 heteroatoms. The Balaban J connectivity index is 1.35. The molecule has 6 nitrogen and oxygen atoms in total. The number of carbonyl (C=O) groups excluding carboxylic acids is 2. The number of pyridine rings is 1. The van der Waals surface area contributed by atoms with Gasteiger partial charge in [0.2, 0.25) is 5.91 Å². The van der Waals surface area contributed by atoms with Crippen LogP contribution in [0.25, 0.3) is 0 Å². The number of benzene rings is 2. The number of ether oxygens (including phenoxy) is 1. The quantitative estimate of drug-likeness (QED) is 0.500. The zero-order valence-electron chi connectivity index (χ0n) is 16.3. The Morgan fingerprint density at radius 3 is 2.40 bits per heavy atom. The lowest BCUT2D eigenvalue weighted by atomic mass is 10.2. The summed E-state index contributed by atoms with van der Waals surface area (Å²) in [6.07, 6.45) is 1.95. The van der Waals surface area contributed by atoms with Crippen LogP contribution in [0.3, 0.4) is 0 Å². The molecule has 0 fully saturated rings. The van der Waals surface area contributed by atoms with E-state index in [2.05, 4.69) is 31.5 Å². The first-order chi connectivity index (χ1) is 14.6. The Morgan fingerprint density at radius 1 is 0.933 bits per heavy atom. The van der Waals surface area contributed by atoms with Crippen LogP contribution in [0.2, 0.25) is 0 Å². The number of nitrogens with one attached hydrogen (secondary N) is 2. The Morgan fingerprint density at radius 2 is 1.70 bits per heavy atom. The van der Waals surface area contributed by atoms with Crippen molar-refractivity contribution in [2.45, 2.75) is 19.6 Å². The molecule has 2 aromatic carbocycles. The molecule has 1 heterocycles. The molecule has 3 aromatic rings. The summed E-state index contributed by atoms with van der Waals surface area (Å²) in [6.45, 7) is 1.10. The maximum Gasteiger partial charge on any atom is 0.251 e. The zero-order chi connectivity index (χ0) is 21.2. The highest BCUT2D eigenvalue weighted by atomic mass is 79.9. The molecule has 0 atom stereocenters. The fourth-order valence-electron chi connectivity index (χ4n) is 2.63. The Bertz CT molecular complexity index is 961. The summed E-state index contributed by atoms with van der Waals surface area (Å²) in [4.78, 5) is 28.2. The molecular formula is C23H22BrN3O3. The van der Waals surface area contributed by atoms with Gasteiger partial charge in [-0.2, -0.15) is 0 Å². The van der Waals surface area contributed by atoms with E-state index < -0.39 is 0 Å². The van der Waals surface area contributed by atoms with Crippen LogP contribution in [0.1, 0.15) is 28.0 Å². The van der Waals surface area contributed by atoms with E-state index in [1.807, 2.05) is 42.5 Å². The van der Waals surface area contributed by atoms with Gasteiger partial charge in [0.05, 0.1) is 5.69 Å². The molecule has 1 aromatic heterocycles. The SMILES string of the molecule is O=C(CCNC(=O)c1ccc(Br)cc1)NCc1ccc(OCc2ccccn2)cc1. The van der Waals surface area contributed by atoms with Crippen LogP contribution in [-0.2, 0) is 17.9 Å². The van der Waals surface area contributed by atoms with Crippen molar-refractivity contribution in [3.63, 3.8) is 0 Å². The van der Waals surface area contributed by atoms with Gasteiger partial charge in [0.15, 0.2) is 0 Å². The van der Waals surface area contributed by atoms with Crippen molar-refractivity contribution in [1.82, 2.24) is 15.6 Å². The lowest BCUT2D eigenvalue weighted by Gasteiger charge is -2.09. The van der Waals surface area contributed by atoms with Gasteiger partial charge < -0.3 is 15.4 Å². The van der Waals surface area contributed by atoms with Gasteiger partial charge in [-0.15, -0.1) is 0 Å². The van der Waals surface area contributed by atoms with Crippen molar-refractivity contribution < 1.29 is 14.3 Å². The predicted octanol–water partition coefficient (Wildman–Crippen LogP) is 3.86. The monoisotopic (exact) mass is 467 g/mol. The van der Waals surface area contributed by atoms with Crippen LogP contribution in [0.4, 0.5) is 0 Å². The Hall–Kier alpha value is -3.19. The second kappa shape index (κ2) is 11.1. The van der Waals surface area contributed by atoms with Crippen LogP contribution < -0.4 is 15.4 Å². The molecule has 0 aliphatic heterocycles. The molecular weight excluding hydrogens is 446 g/mol. The molecule has 0 aliphatic rings. The van der Waals surface area contributed by atoms with Gasteiger partial charge in [0.25, 0.3) is 5.91 Å². The number of carbonyl (C=O) groups is 2. The normalized spacial score (nSPS) is 10.3. The van der Waals surface area contributed by atoms with Gasteiger partial charge >= 0.3 is 0 Å². The van der Waals surface area contributed by atoms with Gasteiger partial charge in [-0.05, 0) is 54.1 Å². The number of rotatable bonds is 9. The van der Waals surface area contributed by atoms with Gasteiger partial charge in [-0.3, -0.25) is 14.6 Å². The lowest BCUT2D eigenvalue weighted by Crippen LogP contribution is -2.30. The molecule has 2 N–H and O–H groups in total. The van der Waals surface area contributed by atoms with Crippen molar-refractivity contribution >= 4 is 27.7 Å². The first-order valence-corrected chi connectivity index (χ1v) is 10.3. The summed E-state index contributed by atoms with van der Waals surface area (Å²) in [7, 11) is 0. The van der Waals surface area contributed by atoms with E-state index in [1.54, 1.807) is 30.5 Å². The third kappa shape index (κ3) is 7.00. The molecule has 0 saturated carbocycles. The summed E-state index contributed by atoms with van der Waals surface area (Å²) in [5, 5.41) is 5.60. The molecule has 0 spiro atoms. The highest BCUT2D eigenvalue weighted by molar-refractivity contribution is 9.10. The largest absolute Gasteiger partial charge is 0.487 e. The summed E-state index contributed by atoms with van der Waals surface area (Å²) in [5.74, 6) is 0.421. The standard InChI is InChI=1S/C23H22BrN3O3/c24-19-8-6-18(7-9-19)23(29)26-14-12-22(28)27-15-17-4-10-21(11-5-17)30-16-20-3-1-2-13-25-20/h1-11,13H,12,14-16H2,(H,26,29)(H,27,28). The van der Waals surface area contributed by atoms with Crippen molar-refractivity contribution in [3.05, 3.63) is 94.2 Å². The average Bonchev–Trinajstić information content (AvgIpc) is 2.78. The summed E-state index contributed by atoms with van der Waals surface area (Å²) < 4.78 is 6.61. The van der Waals surface area contributed by atoms with E-state index in [4.69, 9.17) is 4.74 Å². The predicted molar refractivity (Wildman–Crippen MR) is 118 cm³/mol. The van der Waals surface area contributed by atoms with Crippen molar-refractivity contribution in [1.29, 1.82) is 0 Å². The molecule has 0 bridgehead atoms. The topological polar surface area (TPSA) is 80.3 Å². The number of aromatic nitrogens is 1. The van der Waals surface area contributed by atoms with Crippen molar-refractivity contribution in [2.24, 2.45) is 0 Å². The van der Waals surface area contributed by atoms with Gasteiger partial charge in [-0.1, -0.05) is 34.1 Å². The second-order valence-corrected chi connectivity index (χ2v) is 7.46. The maximum atomic E-state index is 12.0. The van der Waals surface area contributed by atoms with Crippen LogP contribution in [0.15, 0.2) is 77.4 Å². The fourth-order valence-corrected chi connectivity index (χ4v) is 2.89. The molecule has 0 radical (unpaired) electrons. The number of hydrogen-bond acceptors (Lipinski definition) is 4. The van der Waals surface area contributed by atoms with E-state index in [1.165, 1.54) is 0 Å². The molecule has 3 rings (SSSR count). The lowest BCUT2D eigenvalue weighted by molar-refractivity contribution is -0.121. The van der Waals surface area contributed by atoms with Gasteiger partial charge in [0, 0.05) is 35.7 Å². The smallest absolute Gasteiger partial charge is 0.251 e. The van der Waals surface area contributed by atoms with Crippen LogP contribution in [0.5, 0.6) is 5.75 Å². The Kier molecular flexibility index (Phi) is 7.97. The van der Waals surface area contributed by atoms with E-state index in [-0.39, 0.29) is 24.8 Å². The van der Waals surface area contributed by atoms with Crippen LogP contribution >= 0.6 is 15.9 Å². The number of halogens is 1. The number of hydrogen-bond donors (Lipinski definition) is 2. The zero-order valence-corrected chi connectivity index (χ0v) is 17.9. The minimum Gasteiger partial charge on any atom is -0.487 e. The Labute approximate surface area is 183 Å². The fraction of sp³-hybridized carbons (Fsp3) is 0.174. The highest BCUT2D eigenvalue weighted by Crippen LogP contribution is 2.14. The van der Waals surface area contributed by atoms with E-state index in [9.17, 15) is 9.59 Å². The summed E-state index contributed by atoms with van der Waals surface area (Å²) in [6, 6.07) is 20.3. The van der Waals surface area contributed by atoms with Gasteiger partial charge in [0.1, 0.15) is 12.4 Å². The average molecular weight is 468 g/mol. The third-order valence-electron chi connectivity index (χ3n) is 4.27. The summed E-state index contributed by atoms with van der Waals surface area (Å²) >= 11 is 3.33.